The van der Waals surface area contributed by atoms with Crippen molar-refractivity contribution in [1.82, 2.24) is 0 Å². The van der Waals surface area contributed by atoms with Gasteiger partial charge in [0.15, 0.2) is 0 Å². The van der Waals surface area contributed by atoms with Crippen molar-refractivity contribution in [2.45, 2.75) is 25.6 Å². The fourth-order valence-electron chi connectivity index (χ4n) is 1.63. The molecule has 0 aliphatic heterocycles. The van der Waals surface area contributed by atoms with Crippen molar-refractivity contribution < 1.29 is 14.2 Å². The van der Waals surface area contributed by atoms with E-state index >= 15 is 0 Å². The molecule has 3 heteroatoms. The first-order valence-corrected chi connectivity index (χ1v) is 6.00. The van der Waals surface area contributed by atoms with E-state index in [2.05, 4.69) is 6.92 Å². The number of benzene rings is 1. The minimum atomic E-state index is -0.00874. The van der Waals surface area contributed by atoms with Crippen LogP contribution in [0.3, 0.4) is 0 Å². The van der Waals surface area contributed by atoms with Crippen LogP contribution in [0, 0.1) is 0 Å². The minimum absolute atomic E-state index is 0.00874. The Hall–Kier alpha value is -0.900. The van der Waals surface area contributed by atoms with E-state index in [0.717, 1.165) is 12.0 Å². The molecule has 0 spiro atoms. The number of hydrogen-bond donors (Lipinski definition) is 0. The monoisotopic (exact) mass is 238 g/mol. The van der Waals surface area contributed by atoms with Crippen LogP contribution >= 0.6 is 0 Å². The van der Waals surface area contributed by atoms with E-state index in [1.165, 1.54) is 0 Å². The SMILES string of the molecule is CCC(COCC(OC)c1ccccc1)OC. The molecule has 1 aromatic rings. The largest absolute Gasteiger partial charge is 0.379 e. The second-order valence-electron chi connectivity index (χ2n) is 3.94. The summed E-state index contributed by atoms with van der Waals surface area (Å²) in [7, 11) is 3.41. The van der Waals surface area contributed by atoms with Gasteiger partial charge in [-0.1, -0.05) is 37.3 Å². The highest BCUT2D eigenvalue weighted by Crippen LogP contribution is 2.16. The van der Waals surface area contributed by atoms with Gasteiger partial charge in [-0.25, -0.2) is 0 Å². The fraction of sp³-hybridized carbons (Fsp3) is 0.571. The molecule has 2 atom stereocenters. The number of ether oxygens (including phenoxy) is 3. The van der Waals surface area contributed by atoms with Crippen molar-refractivity contribution in [1.29, 1.82) is 0 Å². The lowest BCUT2D eigenvalue weighted by molar-refractivity contribution is -0.0365. The summed E-state index contributed by atoms with van der Waals surface area (Å²) >= 11 is 0. The predicted octanol–water partition coefficient (Wildman–Crippen LogP) is 2.82. The molecule has 0 heterocycles. The van der Waals surface area contributed by atoms with Crippen molar-refractivity contribution >= 4 is 0 Å². The number of methoxy groups -OCH3 is 2. The van der Waals surface area contributed by atoms with Crippen LogP contribution in [0.2, 0.25) is 0 Å². The fourth-order valence-corrected chi connectivity index (χ4v) is 1.63. The van der Waals surface area contributed by atoms with E-state index < -0.39 is 0 Å². The van der Waals surface area contributed by atoms with Crippen LogP contribution in [0.25, 0.3) is 0 Å². The summed E-state index contributed by atoms with van der Waals surface area (Å²) in [4.78, 5) is 0. The molecular weight excluding hydrogens is 216 g/mol. The highest BCUT2D eigenvalue weighted by Gasteiger charge is 2.11. The molecule has 0 saturated heterocycles. The van der Waals surface area contributed by atoms with E-state index in [4.69, 9.17) is 14.2 Å². The topological polar surface area (TPSA) is 27.7 Å². The molecular formula is C14H22O3. The Balaban J connectivity index is 2.38. The Kier molecular flexibility index (Phi) is 6.86. The third-order valence-electron chi connectivity index (χ3n) is 2.82. The maximum Gasteiger partial charge on any atom is 0.105 e. The van der Waals surface area contributed by atoms with Gasteiger partial charge in [-0.3, -0.25) is 0 Å². The summed E-state index contributed by atoms with van der Waals surface area (Å²) < 4.78 is 16.3. The average molecular weight is 238 g/mol. The van der Waals surface area contributed by atoms with Crippen LogP contribution in [0.15, 0.2) is 30.3 Å². The molecule has 3 nitrogen and oxygen atoms in total. The second-order valence-corrected chi connectivity index (χ2v) is 3.94. The van der Waals surface area contributed by atoms with Gasteiger partial charge < -0.3 is 14.2 Å². The molecule has 0 radical (unpaired) electrons. The zero-order valence-corrected chi connectivity index (χ0v) is 10.9. The Labute approximate surface area is 104 Å². The van der Waals surface area contributed by atoms with E-state index in [0.29, 0.717) is 13.2 Å². The summed E-state index contributed by atoms with van der Waals surface area (Å²) in [5.41, 5.74) is 1.14. The summed E-state index contributed by atoms with van der Waals surface area (Å²) in [5.74, 6) is 0. The first-order chi connectivity index (χ1) is 8.31. The Morgan fingerprint density at radius 3 is 2.24 bits per heavy atom. The molecule has 17 heavy (non-hydrogen) atoms. The van der Waals surface area contributed by atoms with Gasteiger partial charge in [0.05, 0.1) is 19.3 Å². The standard InChI is InChI=1S/C14H22O3/c1-4-13(15-2)10-17-11-14(16-3)12-8-6-5-7-9-12/h5-9,13-14H,4,10-11H2,1-3H3. The van der Waals surface area contributed by atoms with Crippen LogP contribution in [0.4, 0.5) is 0 Å². The number of hydrogen-bond acceptors (Lipinski definition) is 3. The molecule has 0 saturated carbocycles. The summed E-state index contributed by atoms with van der Waals surface area (Å²) in [5, 5.41) is 0. The Bertz CT molecular complexity index is 283. The van der Waals surface area contributed by atoms with Gasteiger partial charge in [-0.15, -0.1) is 0 Å². The van der Waals surface area contributed by atoms with E-state index in [9.17, 15) is 0 Å². The molecule has 0 aliphatic rings. The van der Waals surface area contributed by atoms with Crippen LogP contribution in [-0.4, -0.2) is 33.5 Å². The van der Waals surface area contributed by atoms with Crippen LogP contribution < -0.4 is 0 Å². The summed E-state index contributed by atoms with van der Waals surface area (Å²) in [6.45, 7) is 3.25. The molecule has 1 rings (SSSR count). The van der Waals surface area contributed by atoms with Crippen molar-refractivity contribution in [2.75, 3.05) is 27.4 Å². The maximum absolute atomic E-state index is 5.64. The minimum Gasteiger partial charge on any atom is -0.379 e. The third kappa shape index (κ3) is 4.86. The lowest BCUT2D eigenvalue weighted by Gasteiger charge is -2.18. The summed E-state index contributed by atoms with van der Waals surface area (Å²) in [6.07, 6.45) is 1.12. The van der Waals surface area contributed by atoms with Gasteiger partial charge in [-0.2, -0.15) is 0 Å². The zero-order valence-electron chi connectivity index (χ0n) is 10.9. The van der Waals surface area contributed by atoms with E-state index in [1.54, 1.807) is 14.2 Å². The highest BCUT2D eigenvalue weighted by atomic mass is 16.5. The third-order valence-corrected chi connectivity index (χ3v) is 2.82. The Morgan fingerprint density at radius 1 is 1.00 bits per heavy atom. The van der Waals surface area contributed by atoms with E-state index in [-0.39, 0.29) is 12.2 Å². The molecule has 0 N–H and O–H groups in total. The van der Waals surface area contributed by atoms with Crippen LogP contribution in [0.1, 0.15) is 25.0 Å². The van der Waals surface area contributed by atoms with Gasteiger partial charge >= 0.3 is 0 Å². The predicted molar refractivity (Wildman–Crippen MR) is 68.1 cm³/mol. The van der Waals surface area contributed by atoms with Gasteiger partial charge in [0.25, 0.3) is 0 Å². The van der Waals surface area contributed by atoms with Crippen molar-refractivity contribution in [3.8, 4) is 0 Å². The van der Waals surface area contributed by atoms with Crippen LogP contribution in [0.5, 0.6) is 0 Å². The van der Waals surface area contributed by atoms with Crippen molar-refractivity contribution in [3.63, 3.8) is 0 Å². The lowest BCUT2D eigenvalue weighted by Crippen LogP contribution is -2.20. The van der Waals surface area contributed by atoms with Gasteiger partial charge in [-0.05, 0) is 12.0 Å². The molecule has 96 valence electrons. The van der Waals surface area contributed by atoms with Crippen molar-refractivity contribution in [2.24, 2.45) is 0 Å². The van der Waals surface area contributed by atoms with Crippen molar-refractivity contribution in [3.05, 3.63) is 35.9 Å². The quantitative estimate of drug-likeness (QED) is 0.697. The highest BCUT2D eigenvalue weighted by molar-refractivity contribution is 5.17. The molecule has 0 aromatic heterocycles. The average Bonchev–Trinajstić information content (AvgIpc) is 2.40. The van der Waals surface area contributed by atoms with Gasteiger partial charge in [0.2, 0.25) is 0 Å². The van der Waals surface area contributed by atoms with Gasteiger partial charge in [0, 0.05) is 14.2 Å². The zero-order chi connectivity index (χ0) is 12.5. The number of rotatable bonds is 8. The Morgan fingerprint density at radius 2 is 1.71 bits per heavy atom. The molecule has 1 aromatic carbocycles. The first-order valence-electron chi connectivity index (χ1n) is 6.00. The molecule has 2 unspecified atom stereocenters. The molecule has 0 fully saturated rings. The maximum atomic E-state index is 5.64. The normalized spacial score (nSPS) is 14.5. The molecule has 0 aliphatic carbocycles. The summed E-state index contributed by atoms with van der Waals surface area (Å²) in [6, 6.07) is 10.1. The van der Waals surface area contributed by atoms with E-state index in [1.807, 2.05) is 30.3 Å². The first kappa shape index (κ1) is 14.2. The molecule has 0 amide bonds. The molecule has 0 bridgehead atoms. The van der Waals surface area contributed by atoms with Gasteiger partial charge in [0.1, 0.15) is 6.10 Å². The lowest BCUT2D eigenvalue weighted by atomic mass is 10.1. The van der Waals surface area contributed by atoms with Crippen LogP contribution in [-0.2, 0) is 14.2 Å². The smallest absolute Gasteiger partial charge is 0.105 e. The second kappa shape index (κ2) is 8.23.